The number of phenolic OH excluding ortho intramolecular Hbond substituents is 2. The van der Waals surface area contributed by atoms with Gasteiger partial charge in [-0.15, -0.1) is 0 Å². The Labute approximate surface area is 220 Å². The zero-order valence-corrected chi connectivity index (χ0v) is 21.0. The Hall–Kier alpha value is -1.97. The summed E-state index contributed by atoms with van der Waals surface area (Å²) in [6.45, 7) is 0. The van der Waals surface area contributed by atoms with Crippen LogP contribution in [0.3, 0.4) is 0 Å². The standard InChI is InChI=1S/2C7H6O2.2Fe.3H2O4S/c2*8-5-6-3-1-2-4-7(6)9;;;3*1-5(2,3)4/h2*1-5,9H;;;3*(H2,1,2,3,4)/q;;2*+3;;;/p-6. The number of phenols is 2. The van der Waals surface area contributed by atoms with Crippen molar-refractivity contribution in [1.82, 2.24) is 0 Å². The third-order valence-corrected chi connectivity index (χ3v) is 2.13. The van der Waals surface area contributed by atoms with Crippen LogP contribution in [-0.4, -0.2) is 75.4 Å². The second kappa shape index (κ2) is 21.3. The second-order valence-corrected chi connectivity index (χ2v) is 7.03. The minimum atomic E-state index is -5.17. The van der Waals surface area contributed by atoms with Gasteiger partial charge >= 0.3 is 34.1 Å². The van der Waals surface area contributed by atoms with Gasteiger partial charge in [-0.3, -0.25) is 34.8 Å². The van der Waals surface area contributed by atoms with E-state index in [0.29, 0.717) is 23.7 Å². The van der Waals surface area contributed by atoms with Gasteiger partial charge in [0.25, 0.3) is 0 Å². The number of hydrogen-bond donors (Lipinski definition) is 2. The third-order valence-electron chi connectivity index (χ3n) is 2.13. The molecule has 2 aromatic carbocycles. The van der Waals surface area contributed by atoms with E-state index in [1.807, 2.05) is 0 Å². The SMILES string of the molecule is O=Cc1ccccc1O.O=Cc1ccccc1O.O=S(=O)([O-])[O-].O=S(=O)([O-])[O-].O=S(=O)([O-])[O-].[Fe+3].[Fe+3]. The van der Waals surface area contributed by atoms with Crippen molar-refractivity contribution in [2.75, 3.05) is 0 Å². The van der Waals surface area contributed by atoms with Gasteiger partial charge in [-0.25, -0.2) is 0 Å². The zero-order valence-electron chi connectivity index (χ0n) is 16.3. The second-order valence-electron chi connectivity index (χ2n) is 4.58. The summed E-state index contributed by atoms with van der Waals surface area (Å²) < 4.78 is 102. The number of aromatic hydroxyl groups is 2. The average Bonchev–Trinajstić information content (AvgIpc) is 2.59. The van der Waals surface area contributed by atoms with Gasteiger partial charge in [-0.1, -0.05) is 24.3 Å². The quantitative estimate of drug-likeness (QED) is 0.161. The molecule has 21 heteroatoms. The molecule has 2 rings (SSSR count). The Balaban J connectivity index is -0.000000109. The predicted octanol–water partition coefficient (Wildman–Crippen LogP) is -1.61. The average molecular weight is 644 g/mol. The maximum atomic E-state index is 10.1. The van der Waals surface area contributed by atoms with Crippen LogP contribution in [0, 0.1) is 0 Å². The van der Waals surface area contributed by atoms with Crippen LogP contribution in [0.2, 0.25) is 0 Å². The van der Waals surface area contributed by atoms with Crippen molar-refractivity contribution in [3.63, 3.8) is 0 Å². The van der Waals surface area contributed by atoms with Gasteiger partial charge in [0.2, 0.25) is 0 Å². The minimum Gasteiger partial charge on any atom is -0.759 e. The van der Waals surface area contributed by atoms with E-state index in [-0.39, 0.29) is 45.6 Å². The first-order valence-electron chi connectivity index (χ1n) is 7.15. The summed E-state index contributed by atoms with van der Waals surface area (Å²) >= 11 is 0. The predicted molar refractivity (Wildman–Crippen MR) is 98.4 cm³/mol. The number of carbonyl (C=O) groups excluding carboxylic acids is 2. The molecule has 0 aliphatic rings. The van der Waals surface area contributed by atoms with Crippen molar-refractivity contribution in [3.05, 3.63) is 59.7 Å². The number of aldehydes is 2. The molecule has 0 saturated heterocycles. The van der Waals surface area contributed by atoms with Crippen LogP contribution in [-0.2, 0) is 65.3 Å². The molecule has 0 unspecified atom stereocenters. The molecule has 2 aromatic rings. The summed E-state index contributed by atoms with van der Waals surface area (Å²) in [5, 5.41) is 17.8. The molecule has 0 aromatic heterocycles. The summed E-state index contributed by atoms with van der Waals surface area (Å²) in [4.78, 5) is 20.1. The van der Waals surface area contributed by atoms with Crippen LogP contribution in [0.15, 0.2) is 48.5 Å². The molecule has 0 amide bonds. The minimum absolute atomic E-state index is 0. The molecule has 2 N–H and O–H groups in total. The van der Waals surface area contributed by atoms with E-state index >= 15 is 0 Å². The number of hydrogen-bond acceptors (Lipinski definition) is 16. The third kappa shape index (κ3) is 50.0. The molecule has 0 aliphatic heterocycles. The number of carbonyl (C=O) groups is 2. The van der Waals surface area contributed by atoms with Gasteiger partial charge in [0.1, 0.15) is 11.5 Å². The Morgan fingerprint density at radius 1 is 0.514 bits per heavy atom. The Morgan fingerprint density at radius 3 is 0.800 bits per heavy atom. The van der Waals surface area contributed by atoms with Gasteiger partial charge in [0, 0.05) is 31.2 Å². The molecule has 0 saturated carbocycles. The molecule has 35 heavy (non-hydrogen) atoms. The van der Waals surface area contributed by atoms with Crippen LogP contribution >= 0.6 is 0 Å². The van der Waals surface area contributed by atoms with Crippen molar-refractivity contribution in [2.24, 2.45) is 0 Å². The largest absolute Gasteiger partial charge is 3.00 e. The van der Waals surface area contributed by atoms with Crippen LogP contribution < -0.4 is 0 Å². The van der Waals surface area contributed by atoms with E-state index in [1.165, 1.54) is 12.1 Å². The van der Waals surface area contributed by atoms with Crippen LogP contribution in [0.25, 0.3) is 0 Å². The first kappa shape index (κ1) is 43.1. The summed E-state index contributed by atoms with van der Waals surface area (Å²) in [6.07, 6.45) is 1.24. The van der Waals surface area contributed by atoms with Gasteiger partial charge in [-0.05, 0) is 24.3 Å². The molecule has 198 valence electrons. The number of benzene rings is 2. The first-order chi connectivity index (χ1) is 14.7. The summed E-state index contributed by atoms with van der Waals surface area (Å²) in [7, 11) is -15.5. The molecule has 0 atom stereocenters. The van der Waals surface area contributed by atoms with Crippen molar-refractivity contribution < 1.29 is 107 Å². The summed E-state index contributed by atoms with van der Waals surface area (Å²) in [6, 6.07) is 12.8. The van der Waals surface area contributed by atoms with Crippen molar-refractivity contribution >= 4 is 43.8 Å². The Bertz CT molecular complexity index is 1040. The van der Waals surface area contributed by atoms with Gasteiger partial charge in [-0.2, -0.15) is 0 Å². The van der Waals surface area contributed by atoms with Crippen LogP contribution in [0.4, 0.5) is 0 Å². The van der Waals surface area contributed by atoms with E-state index < -0.39 is 31.2 Å². The van der Waals surface area contributed by atoms with E-state index in [1.54, 1.807) is 36.4 Å². The molecular weight excluding hydrogens is 632 g/mol. The first-order valence-corrected chi connectivity index (χ1v) is 11.2. The summed E-state index contributed by atoms with van der Waals surface area (Å²) in [5.74, 6) is 0.0694. The van der Waals surface area contributed by atoms with Crippen LogP contribution in [0.5, 0.6) is 11.5 Å². The van der Waals surface area contributed by atoms with Crippen molar-refractivity contribution in [1.29, 1.82) is 0 Å². The van der Waals surface area contributed by atoms with Gasteiger partial charge in [0.15, 0.2) is 12.6 Å². The topological polar surface area (TPSA) is 315 Å². The molecule has 0 spiro atoms. The van der Waals surface area contributed by atoms with Gasteiger partial charge < -0.3 is 37.5 Å². The molecule has 0 fully saturated rings. The fourth-order valence-electron chi connectivity index (χ4n) is 1.17. The molecule has 0 bridgehead atoms. The van der Waals surface area contributed by atoms with Gasteiger partial charge in [0.05, 0.1) is 11.1 Å². The molecule has 16 nitrogen and oxygen atoms in total. The maximum Gasteiger partial charge on any atom is 3.00 e. The fourth-order valence-corrected chi connectivity index (χ4v) is 1.17. The fraction of sp³-hybridized carbons (Fsp3) is 0. The Kier molecular flexibility index (Phi) is 26.3. The van der Waals surface area contributed by atoms with E-state index in [2.05, 4.69) is 0 Å². The molecular formula is C14H12Fe2O16S3. The van der Waals surface area contributed by atoms with Crippen LogP contribution in [0.1, 0.15) is 20.7 Å². The molecule has 0 aliphatic carbocycles. The molecule has 0 heterocycles. The van der Waals surface area contributed by atoms with Crippen molar-refractivity contribution in [3.8, 4) is 11.5 Å². The zero-order chi connectivity index (χ0) is 26.9. The van der Waals surface area contributed by atoms with E-state index in [0.717, 1.165) is 0 Å². The number of rotatable bonds is 2. The normalized spacial score (nSPS) is 9.54. The smallest absolute Gasteiger partial charge is 0.759 e. The maximum absolute atomic E-state index is 10.1. The Morgan fingerprint density at radius 2 is 0.686 bits per heavy atom. The van der Waals surface area contributed by atoms with E-state index in [9.17, 15) is 9.59 Å². The summed E-state index contributed by atoms with van der Waals surface area (Å²) in [5.41, 5.74) is 0.662. The number of para-hydroxylation sites is 2. The monoisotopic (exact) mass is 644 g/mol. The van der Waals surface area contributed by atoms with Crippen molar-refractivity contribution in [2.45, 2.75) is 0 Å². The molecule has 2 radical (unpaired) electrons. The van der Waals surface area contributed by atoms with E-state index in [4.69, 9.17) is 62.8 Å².